The smallest absolute Gasteiger partial charge is 0.0640 e. The van der Waals surface area contributed by atoms with Gasteiger partial charge >= 0.3 is 0 Å². The predicted molar refractivity (Wildman–Crippen MR) is 235 cm³/mol. The van der Waals surface area contributed by atoms with Gasteiger partial charge in [-0.25, -0.2) is 0 Å². The zero-order valence-electron chi connectivity index (χ0n) is 30.7. The molecule has 0 radical (unpaired) electrons. The first-order valence-electron chi connectivity index (χ1n) is 19.0. The third-order valence-electron chi connectivity index (χ3n) is 11.5. The number of fused-ring (bicyclic) bond motifs is 8. The second-order valence-electron chi connectivity index (χ2n) is 14.6. The number of benzene rings is 9. The fraction of sp³-hybridized carbons (Fsp3) is 0.0385. The van der Waals surface area contributed by atoms with Gasteiger partial charge in [-0.05, 0) is 84.3 Å². The molecule has 2 heterocycles. The Labute approximate surface area is 319 Å². The van der Waals surface area contributed by atoms with Gasteiger partial charge in [-0.3, -0.25) is 0 Å². The summed E-state index contributed by atoms with van der Waals surface area (Å²) in [7, 11) is 0. The monoisotopic (exact) mass is 703 g/mol. The van der Waals surface area contributed by atoms with Crippen LogP contribution in [0, 0.1) is 13.8 Å². The van der Waals surface area contributed by atoms with Crippen molar-refractivity contribution in [2.24, 2.45) is 0 Å². The summed E-state index contributed by atoms with van der Waals surface area (Å²) in [6.07, 6.45) is 0. The van der Waals surface area contributed by atoms with Crippen molar-refractivity contribution < 1.29 is 0 Å². The fourth-order valence-electron chi connectivity index (χ4n) is 9.09. The van der Waals surface area contributed by atoms with E-state index in [1.807, 2.05) is 0 Å². The first-order chi connectivity index (χ1) is 27.2. The normalized spacial score (nSPS) is 11.8. The maximum atomic E-state index is 2.56. The standard InChI is InChI=1S/C52H37N3/c1-34-18-9-15-30-44(34)53(38-22-5-3-6-23-38)51-40-26-13-11-20-36(40)32-46-48(51)42-28-17-29-43-49-47(55(46)50(42)43)33-37-21-12-14-27-41(37)52(49)54(39-24-7-4-8-25-39)45-31-16-10-19-35(45)2/h3-33H,1-2H3. The second-order valence-corrected chi connectivity index (χ2v) is 14.6. The highest BCUT2D eigenvalue weighted by Gasteiger charge is 2.29. The molecule has 0 fully saturated rings. The van der Waals surface area contributed by atoms with Crippen LogP contribution in [0.3, 0.4) is 0 Å². The van der Waals surface area contributed by atoms with Crippen LogP contribution in [0.5, 0.6) is 0 Å². The van der Waals surface area contributed by atoms with Crippen molar-refractivity contribution in [3.05, 3.63) is 199 Å². The fourth-order valence-corrected chi connectivity index (χ4v) is 9.09. The Kier molecular flexibility index (Phi) is 6.99. The molecule has 0 spiro atoms. The minimum Gasteiger partial charge on any atom is -0.309 e. The number of para-hydroxylation sites is 5. The largest absolute Gasteiger partial charge is 0.309 e. The highest BCUT2D eigenvalue weighted by Crippen LogP contribution is 2.53. The van der Waals surface area contributed by atoms with Crippen molar-refractivity contribution in [1.29, 1.82) is 0 Å². The molecule has 0 aliphatic heterocycles. The second kappa shape index (κ2) is 12.2. The van der Waals surface area contributed by atoms with Crippen molar-refractivity contribution in [1.82, 2.24) is 4.40 Å². The van der Waals surface area contributed by atoms with Gasteiger partial charge in [-0.1, -0.05) is 140 Å². The molecule has 0 bridgehead atoms. The van der Waals surface area contributed by atoms with E-state index in [1.165, 1.54) is 93.5 Å². The maximum Gasteiger partial charge on any atom is 0.0640 e. The van der Waals surface area contributed by atoms with Crippen molar-refractivity contribution in [2.45, 2.75) is 13.8 Å². The number of anilines is 6. The van der Waals surface area contributed by atoms with Crippen LogP contribution >= 0.6 is 0 Å². The molecule has 0 saturated carbocycles. The van der Waals surface area contributed by atoms with Gasteiger partial charge in [0.25, 0.3) is 0 Å². The van der Waals surface area contributed by atoms with Gasteiger partial charge in [0.2, 0.25) is 0 Å². The van der Waals surface area contributed by atoms with Gasteiger partial charge in [0, 0.05) is 55.1 Å². The molecule has 11 rings (SSSR count). The lowest BCUT2D eigenvalue weighted by Crippen LogP contribution is -2.12. The van der Waals surface area contributed by atoms with Crippen LogP contribution in [0.15, 0.2) is 188 Å². The van der Waals surface area contributed by atoms with Crippen molar-refractivity contribution in [2.75, 3.05) is 9.80 Å². The van der Waals surface area contributed by atoms with Crippen LogP contribution in [-0.4, -0.2) is 4.40 Å². The number of aryl methyl sites for hydroxylation is 2. The zero-order chi connectivity index (χ0) is 36.6. The minimum absolute atomic E-state index is 1.13. The molecule has 11 aromatic rings. The summed E-state index contributed by atoms with van der Waals surface area (Å²) in [5.74, 6) is 0. The van der Waals surface area contributed by atoms with E-state index in [1.54, 1.807) is 0 Å². The quantitative estimate of drug-likeness (QED) is 0.171. The average Bonchev–Trinajstić information content (AvgIpc) is 3.74. The van der Waals surface area contributed by atoms with E-state index >= 15 is 0 Å². The van der Waals surface area contributed by atoms with Gasteiger partial charge in [0.1, 0.15) is 0 Å². The first kappa shape index (κ1) is 31.4. The predicted octanol–water partition coefficient (Wildman–Crippen LogP) is 14.7. The molecule has 55 heavy (non-hydrogen) atoms. The summed E-state index contributed by atoms with van der Waals surface area (Å²) < 4.78 is 2.56. The van der Waals surface area contributed by atoms with Gasteiger partial charge in [-0.15, -0.1) is 0 Å². The summed E-state index contributed by atoms with van der Waals surface area (Å²) in [4.78, 5) is 4.97. The lowest BCUT2D eigenvalue weighted by atomic mass is 9.97. The average molecular weight is 704 g/mol. The molecule has 9 aromatic carbocycles. The lowest BCUT2D eigenvalue weighted by molar-refractivity contribution is 1.27. The number of hydrogen-bond donors (Lipinski definition) is 0. The molecule has 0 aliphatic carbocycles. The van der Waals surface area contributed by atoms with Crippen molar-refractivity contribution in [3.8, 4) is 0 Å². The van der Waals surface area contributed by atoms with E-state index in [-0.39, 0.29) is 0 Å². The Morgan fingerprint density at radius 3 is 1.20 bits per heavy atom. The Morgan fingerprint density at radius 1 is 0.364 bits per heavy atom. The zero-order valence-corrected chi connectivity index (χ0v) is 30.7. The van der Waals surface area contributed by atoms with E-state index in [0.29, 0.717) is 0 Å². The third kappa shape index (κ3) is 4.63. The van der Waals surface area contributed by atoms with Gasteiger partial charge < -0.3 is 14.2 Å². The van der Waals surface area contributed by atoms with E-state index in [9.17, 15) is 0 Å². The van der Waals surface area contributed by atoms with Crippen LogP contribution in [0.1, 0.15) is 11.1 Å². The highest BCUT2D eigenvalue weighted by atomic mass is 15.2. The van der Waals surface area contributed by atoms with Crippen LogP contribution in [0.25, 0.3) is 59.6 Å². The molecular weight excluding hydrogens is 667 g/mol. The van der Waals surface area contributed by atoms with Crippen LogP contribution < -0.4 is 9.80 Å². The number of nitrogens with zero attached hydrogens (tertiary/aromatic N) is 3. The first-order valence-corrected chi connectivity index (χ1v) is 19.0. The topological polar surface area (TPSA) is 10.9 Å². The van der Waals surface area contributed by atoms with Gasteiger partial charge in [-0.2, -0.15) is 0 Å². The minimum atomic E-state index is 1.13. The number of aromatic nitrogens is 1. The van der Waals surface area contributed by atoms with Crippen molar-refractivity contribution >= 4 is 93.8 Å². The van der Waals surface area contributed by atoms with Gasteiger partial charge in [0.05, 0.1) is 27.9 Å². The molecule has 0 unspecified atom stereocenters. The molecular formula is C52H37N3. The lowest BCUT2D eigenvalue weighted by Gasteiger charge is -2.30. The molecule has 0 aliphatic rings. The van der Waals surface area contributed by atoms with Gasteiger partial charge in [0.15, 0.2) is 0 Å². The van der Waals surface area contributed by atoms with Crippen LogP contribution in [0.2, 0.25) is 0 Å². The van der Waals surface area contributed by atoms with Crippen molar-refractivity contribution in [3.63, 3.8) is 0 Å². The Bertz CT molecular complexity index is 3020. The molecule has 0 atom stereocenters. The van der Waals surface area contributed by atoms with E-state index in [0.717, 1.165) is 11.4 Å². The summed E-state index contributed by atoms with van der Waals surface area (Å²) in [5.41, 5.74) is 13.1. The summed E-state index contributed by atoms with van der Waals surface area (Å²) in [6.45, 7) is 4.43. The highest BCUT2D eigenvalue weighted by molar-refractivity contribution is 6.33. The third-order valence-corrected chi connectivity index (χ3v) is 11.5. The summed E-state index contributed by atoms with van der Waals surface area (Å²) >= 11 is 0. The molecule has 0 saturated heterocycles. The molecule has 260 valence electrons. The maximum absolute atomic E-state index is 2.56. The summed E-state index contributed by atoms with van der Waals surface area (Å²) in [6, 6.07) is 68.7. The molecule has 2 aromatic heterocycles. The molecule has 3 heteroatoms. The SMILES string of the molecule is Cc1ccccc1N(c1ccccc1)c1c2ccccc2cc2c1c1cccc3c4c(N(c5ccccc5)c5ccccc5C)c5ccccc5cc4n2c13. The number of hydrogen-bond acceptors (Lipinski definition) is 2. The summed E-state index contributed by atoms with van der Waals surface area (Å²) in [5, 5.41) is 9.86. The van der Waals surface area contributed by atoms with Crippen LogP contribution in [0.4, 0.5) is 34.1 Å². The Hall–Kier alpha value is -7.10. The molecule has 0 N–H and O–H groups in total. The Balaban J connectivity index is 1.35. The molecule has 3 nitrogen and oxygen atoms in total. The van der Waals surface area contributed by atoms with E-state index < -0.39 is 0 Å². The molecule has 0 amide bonds. The van der Waals surface area contributed by atoms with E-state index in [2.05, 4.69) is 216 Å². The van der Waals surface area contributed by atoms with Crippen LogP contribution in [-0.2, 0) is 0 Å². The van der Waals surface area contributed by atoms with E-state index in [4.69, 9.17) is 0 Å². The number of rotatable bonds is 6. The Morgan fingerprint density at radius 2 is 0.745 bits per heavy atom.